The molecule has 11 heteroatoms. The molecule has 0 aliphatic carbocycles. The molecule has 38 heavy (non-hydrogen) atoms. The summed E-state index contributed by atoms with van der Waals surface area (Å²) in [5.74, 6) is -0.640. The highest BCUT2D eigenvalue weighted by Crippen LogP contribution is 2.32. The van der Waals surface area contributed by atoms with E-state index in [1.807, 2.05) is 45.0 Å². The number of anilines is 1. The van der Waals surface area contributed by atoms with E-state index >= 15 is 0 Å². The third kappa shape index (κ3) is 9.04. The Bertz CT molecular complexity index is 1200. The highest BCUT2D eigenvalue weighted by Gasteiger charge is 2.32. The van der Waals surface area contributed by atoms with Crippen molar-refractivity contribution in [3.63, 3.8) is 0 Å². The number of carbonyl (C=O) groups excluding carboxylic acids is 2. The summed E-state index contributed by atoms with van der Waals surface area (Å²) in [6, 6.07) is 10.8. The first-order valence-corrected chi connectivity index (χ1v) is 14.3. The van der Waals surface area contributed by atoms with Crippen molar-refractivity contribution in [1.29, 1.82) is 0 Å². The van der Waals surface area contributed by atoms with E-state index in [0.29, 0.717) is 6.42 Å². The number of sulfonamides is 1. The fourth-order valence-electron chi connectivity index (χ4n) is 4.03. The van der Waals surface area contributed by atoms with Gasteiger partial charge in [-0.3, -0.25) is 13.9 Å². The zero-order chi connectivity index (χ0) is 28.7. The van der Waals surface area contributed by atoms with Gasteiger partial charge in [-0.2, -0.15) is 13.2 Å². The lowest BCUT2D eigenvalue weighted by molar-refractivity contribution is -0.141. The molecule has 0 bridgehead atoms. The van der Waals surface area contributed by atoms with Crippen LogP contribution in [-0.2, 0) is 32.3 Å². The second-order valence-electron chi connectivity index (χ2n) is 9.58. The predicted molar refractivity (Wildman–Crippen MR) is 142 cm³/mol. The Labute approximate surface area is 223 Å². The third-order valence-corrected chi connectivity index (χ3v) is 7.10. The van der Waals surface area contributed by atoms with E-state index in [0.717, 1.165) is 39.9 Å². The maximum atomic E-state index is 13.4. The number of halogens is 3. The maximum absolute atomic E-state index is 13.4. The lowest BCUT2D eigenvalue weighted by Gasteiger charge is -2.31. The van der Waals surface area contributed by atoms with Crippen LogP contribution in [-0.4, -0.2) is 50.0 Å². The number of aryl methyl sites for hydroxylation is 1. The average molecular weight is 556 g/mol. The molecule has 0 fully saturated rings. The number of carbonyl (C=O) groups is 2. The molecule has 0 saturated carbocycles. The zero-order valence-electron chi connectivity index (χ0n) is 22.4. The lowest BCUT2D eigenvalue weighted by atomic mass is 10.1. The predicted octanol–water partition coefficient (Wildman–Crippen LogP) is 4.89. The first kappa shape index (κ1) is 31.1. The Hall–Kier alpha value is -3.08. The van der Waals surface area contributed by atoms with Gasteiger partial charge in [0.2, 0.25) is 21.8 Å². The molecule has 1 N–H and O–H groups in total. The number of benzene rings is 2. The average Bonchev–Trinajstić information content (AvgIpc) is 2.81. The van der Waals surface area contributed by atoms with Gasteiger partial charge in [0.1, 0.15) is 6.04 Å². The molecule has 210 valence electrons. The van der Waals surface area contributed by atoms with E-state index in [-0.39, 0.29) is 49.5 Å². The van der Waals surface area contributed by atoms with Crippen LogP contribution < -0.4 is 9.62 Å². The molecule has 2 aromatic carbocycles. The molecule has 0 heterocycles. The molecule has 2 rings (SSSR count). The Balaban J connectivity index is 2.25. The minimum atomic E-state index is -4.63. The third-order valence-electron chi connectivity index (χ3n) is 5.90. The molecule has 0 spiro atoms. The number of nitrogens with zero attached hydrogens (tertiary/aromatic N) is 2. The highest BCUT2D eigenvalue weighted by molar-refractivity contribution is 7.92. The van der Waals surface area contributed by atoms with Gasteiger partial charge in [0, 0.05) is 25.6 Å². The molecule has 0 saturated heterocycles. The van der Waals surface area contributed by atoms with E-state index in [1.165, 1.54) is 11.0 Å². The van der Waals surface area contributed by atoms with Gasteiger partial charge < -0.3 is 10.2 Å². The Kier molecular flexibility index (Phi) is 10.8. The van der Waals surface area contributed by atoms with Crippen molar-refractivity contribution in [2.45, 2.75) is 71.8 Å². The molecule has 0 radical (unpaired) electrons. The quantitative estimate of drug-likeness (QED) is 0.404. The van der Waals surface area contributed by atoms with Crippen molar-refractivity contribution in [2.24, 2.45) is 0 Å². The van der Waals surface area contributed by atoms with Crippen LogP contribution in [0.4, 0.5) is 18.9 Å². The molecule has 1 atom stereocenters. The zero-order valence-corrected chi connectivity index (χ0v) is 23.2. The van der Waals surface area contributed by atoms with Crippen LogP contribution >= 0.6 is 0 Å². The number of amides is 2. The van der Waals surface area contributed by atoms with Crippen LogP contribution in [0.5, 0.6) is 0 Å². The monoisotopic (exact) mass is 555 g/mol. The molecule has 0 aliphatic heterocycles. The van der Waals surface area contributed by atoms with Crippen LogP contribution in [0.1, 0.15) is 56.7 Å². The molecule has 0 aromatic heterocycles. The van der Waals surface area contributed by atoms with Gasteiger partial charge >= 0.3 is 6.18 Å². The van der Waals surface area contributed by atoms with E-state index in [2.05, 4.69) is 5.32 Å². The second-order valence-corrected chi connectivity index (χ2v) is 11.5. The van der Waals surface area contributed by atoms with E-state index in [1.54, 1.807) is 6.92 Å². The summed E-state index contributed by atoms with van der Waals surface area (Å²) in [5.41, 5.74) is 0.785. The van der Waals surface area contributed by atoms with Crippen LogP contribution in [0.3, 0.4) is 0 Å². The van der Waals surface area contributed by atoms with Gasteiger partial charge in [-0.1, -0.05) is 42.8 Å². The standard InChI is InChI=1S/C27H36F3N3O4S/c1-6-24(26(35)31-19(2)3)32(18-21-14-12-20(4)13-15-21)25(34)11-8-16-33(38(5,36)37)23-10-7-9-22(17-23)27(28,29)30/h7,9-10,12-15,17,19,24H,6,8,11,16,18H2,1-5H3,(H,31,35). The Morgan fingerprint density at radius 1 is 1.05 bits per heavy atom. The van der Waals surface area contributed by atoms with Gasteiger partial charge in [0.25, 0.3) is 0 Å². The summed E-state index contributed by atoms with van der Waals surface area (Å²) < 4.78 is 65.2. The molecule has 0 aliphatic rings. The van der Waals surface area contributed by atoms with Crippen molar-refractivity contribution in [2.75, 3.05) is 17.1 Å². The summed E-state index contributed by atoms with van der Waals surface area (Å²) in [7, 11) is -3.92. The van der Waals surface area contributed by atoms with Crippen LogP contribution in [0, 0.1) is 6.92 Å². The molecular weight excluding hydrogens is 519 g/mol. The summed E-state index contributed by atoms with van der Waals surface area (Å²) >= 11 is 0. The van der Waals surface area contributed by atoms with Crippen LogP contribution in [0.25, 0.3) is 0 Å². The minimum Gasteiger partial charge on any atom is -0.352 e. The number of hydrogen-bond acceptors (Lipinski definition) is 4. The van der Waals surface area contributed by atoms with Crippen molar-refractivity contribution < 1.29 is 31.2 Å². The van der Waals surface area contributed by atoms with Crippen molar-refractivity contribution in [3.8, 4) is 0 Å². The van der Waals surface area contributed by atoms with E-state index < -0.39 is 27.8 Å². The number of rotatable bonds is 12. The van der Waals surface area contributed by atoms with Crippen molar-refractivity contribution in [1.82, 2.24) is 10.2 Å². The molecule has 2 aromatic rings. The topological polar surface area (TPSA) is 86.8 Å². The maximum Gasteiger partial charge on any atom is 0.416 e. The molecular formula is C27H36F3N3O4S. The number of hydrogen-bond donors (Lipinski definition) is 1. The summed E-state index contributed by atoms with van der Waals surface area (Å²) in [4.78, 5) is 27.8. The van der Waals surface area contributed by atoms with Crippen molar-refractivity contribution >= 4 is 27.5 Å². The summed E-state index contributed by atoms with van der Waals surface area (Å²) in [5, 5.41) is 2.84. The molecule has 2 amide bonds. The van der Waals surface area contributed by atoms with Gasteiger partial charge in [-0.15, -0.1) is 0 Å². The van der Waals surface area contributed by atoms with E-state index in [9.17, 15) is 31.2 Å². The Morgan fingerprint density at radius 2 is 1.68 bits per heavy atom. The largest absolute Gasteiger partial charge is 0.416 e. The summed E-state index contributed by atoms with van der Waals surface area (Å²) in [6.07, 6.45) is -3.40. The SMILES string of the molecule is CCC(C(=O)NC(C)C)N(Cc1ccc(C)cc1)C(=O)CCCN(c1cccc(C(F)(F)F)c1)S(C)(=O)=O. The van der Waals surface area contributed by atoms with Gasteiger partial charge in [0.05, 0.1) is 17.5 Å². The minimum absolute atomic E-state index is 0.0504. The first-order valence-electron chi connectivity index (χ1n) is 12.4. The summed E-state index contributed by atoms with van der Waals surface area (Å²) in [6.45, 7) is 7.38. The second kappa shape index (κ2) is 13.1. The van der Waals surface area contributed by atoms with Gasteiger partial charge in [-0.25, -0.2) is 8.42 Å². The van der Waals surface area contributed by atoms with Crippen molar-refractivity contribution in [3.05, 3.63) is 65.2 Å². The van der Waals surface area contributed by atoms with E-state index in [4.69, 9.17) is 0 Å². The molecule has 7 nitrogen and oxygen atoms in total. The van der Waals surface area contributed by atoms with Crippen LogP contribution in [0.15, 0.2) is 48.5 Å². The van der Waals surface area contributed by atoms with Crippen LogP contribution in [0.2, 0.25) is 0 Å². The highest BCUT2D eigenvalue weighted by atomic mass is 32.2. The Morgan fingerprint density at radius 3 is 2.21 bits per heavy atom. The lowest BCUT2D eigenvalue weighted by Crippen LogP contribution is -2.50. The number of nitrogens with one attached hydrogen (secondary N) is 1. The fraction of sp³-hybridized carbons (Fsp3) is 0.481. The van der Waals surface area contributed by atoms with Gasteiger partial charge in [0.15, 0.2) is 0 Å². The smallest absolute Gasteiger partial charge is 0.352 e. The fourth-order valence-corrected chi connectivity index (χ4v) is 4.99. The van der Waals surface area contributed by atoms with Gasteiger partial charge in [-0.05, 0) is 57.4 Å². The normalized spacial score (nSPS) is 12.8. The number of alkyl halides is 3. The molecule has 1 unspecified atom stereocenters. The first-order chi connectivity index (χ1) is 17.6.